The average molecular weight is 319 g/mol. The number of rotatable bonds is 6. The Hall–Kier alpha value is -1.92. The first-order chi connectivity index (χ1) is 10.6. The fourth-order valence-electron chi connectivity index (χ4n) is 2.09. The summed E-state index contributed by atoms with van der Waals surface area (Å²) in [5.41, 5.74) is 2.69. The SMILES string of the molecule is CCc1nc(CNC(=O)NCC(O)c2ccccc2C)cs1. The molecule has 1 unspecified atom stereocenters. The Bertz CT molecular complexity index is 627. The zero-order valence-corrected chi connectivity index (χ0v) is 13.6. The number of benzene rings is 1. The van der Waals surface area contributed by atoms with Crippen molar-refractivity contribution >= 4 is 17.4 Å². The largest absolute Gasteiger partial charge is 0.387 e. The molecule has 0 radical (unpaired) electrons. The van der Waals surface area contributed by atoms with Crippen LogP contribution in [0.1, 0.15) is 34.9 Å². The number of aliphatic hydroxyl groups is 1. The zero-order valence-electron chi connectivity index (χ0n) is 12.8. The molecule has 0 saturated heterocycles. The van der Waals surface area contributed by atoms with Crippen molar-refractivity contribution in [3.8, 4) is 0 Å². The van der Waals surface area contributed by atoms with Crippen LogP contribution in [0.4, 0.5) is 4.79 Å². The van der Waals surface area contributed by atoms with Gasteiger partial charge in [0.2, 0.25) is 0 Å². The lowest BCUT2D eigenvalue weighted by molar-refractivity contribution is 0.172. The number of nitrogens with one attached hydrogen (secondary N) is 2. The summed E-state index contributed by atoms with van der Waals surface area (Å²) >= 11 is 1.60. The van der Waals surface area contributed by atoms with Crippen molar-refractivity contribution in [3.63, 3.8) is 0 Å². The number of aromatic nitrogens is 1. The lowest BCUT2D eigenvalue weighted by Crippen LogP contribution is -2.37. The standard InChI is InChI=1S/C16H21N3O2S/c1-3-15-19-12(10-22-15)8-17-16(21)18-9-14(20)13-7-5-4-6-11(13)2/h4-7,10,14,20H,3,8-9H2,1-2H3,(H2,17,18,21). The summed E-state index contributed by atoms with van der Waals surface area (Å²) in [7, 11) is 0. The van der Waals surface area contributed by atoms with Crippen molar-refractivity contribution in [2.24, 2.45) is 0 Å². The van der Waals surface area contributed by atoms with Gasteiger partial charge in [0.25, 0.3) is 0 Å². The van der Waals surface area contributed by atoms with Gasteiger partial charge in [0.05, 0.1) is 23.4 Å². The van der Waals surface area contributed by atoms with E-state index < -0.39 is 6.10 Å². The van der Waals surface area contributed by atoms with Crippen molar-refractivity contribution in [1.82, 2.24) is 15.6 Å². The third-order valence-corrected chi connectivity index (χ3v) is 4.38. The minimum absolute atomic E-state index is 0.175. The molecule has 0 saturated carbocycles. The fraction of sp³-hybridized carbons (Fsp3) is 0.375. The molecule has 6 heteroatoms. The van der Waals surface area contributed by atoms with E-state index in [1.54, 1.807) is 11.3 Å². The van der Waals surface area contributed by atoms with Gasteiger partial charge in [0.1, 0.15) is 0 Å². The van der Waals surface area contributed by atoms with Gasteiger partial charge in [-0.2, -0.15) is 0 Å². The smallest absolute Gasteiger partial charge is 0.315 e. The molecular weight excluding hydrogens is 298 g/mol. The van der Waals surface area contributed by atoms with Gasteiger partial charge in [-0.05, 0) is 24.5 Å². The van der Waals surface area contributed by atoms with Crippen LogP contribution in [-0.2, 0) is 13.0 Å². The molecule has 22 heavy (non-hydrogen) atoms. The minimum atomic E-state index is -0.710. The molecular formula is C16H21N3O2S. The van der Waals surface area contributed by atoms with E-state index in [9.17, 15) is 9.90 Å². The third kappa shape index (κ3) is 4.54. The van der Waals surface area contributed by atoms with E-state index in [-0.39, 0.29) is 12.6 Å². The summed E-state index contributed by atoms with van der Waals surface area (Å²) < 4.78 is 0. The maximum absolute atomic E-state index is 11.8. The van der Waals surface area contributed by atoms with Gasteiger partial charge in [-0.1, -0.05) is 31.2 Å². The van der Waals surface area contributed by atoms with Crippen LogP contribution >= 0.6 is 11.3 Å². The molecule has 1 heterocycles. The first-order valence-corrected chi connectivity index (χ1v) is 8.16. The monoisotopic (exact) mass is 319 g/mol. The Morgan fingerprint density at radius 1 is 1.36 bits per heavy atom. The number of aliphatic hydroxyl groups excluding tert-OH is 1. The molecule has 2 rings (SSSR count). The van der Waals surface area contributed by atoms with Crippen LogP contribution < -0.4 is 10.6 Å². The lowest BCUT2D eigenvalue weighted by Gasteiger charge is -2.14. The van der Waals surface area contributed by atoms with Crippen LogP contribution in [0.15, 0.2) is 29.6 Å². The maximum atomic E-state index is 11.8. The number of hydrogen-bond donors (Lipinski definition) is 3. The first-order valence-electron chi connectivity index (χ1n) is 7.28. The minimum Gasteiger partial charge on any atom is -0.387 e. The third-order valence-electron chi connectivity index (χ3n) is 3.34. The van der Waals surface area contributed by atoms with E-state index in [0.717, 1.165) is 28.2 Å². The summed E-state index contributed by atoms with van der Waals surface area (Å²) in [5, 5.41) is 18.5. The maximum Gasteiger partial charge on any atom is 0.315 e. The molecule has 118 valence electrons. The van der Waals surface area contributed by atoms with Crippen LogP contribution in [0.3, 0.4) is 0 Å². The Morgan fingerprint density at radius 3 is 2.82 bits per heavy atom. The summed E-state index contributed by atoms with van der Waals surface area (Å²) in [6.07, 6.45) is 0.192. The number of thiazole rings is 1. The van der Waals surface area contributed by atoms with Crippen molar-refractivity contribution in [2.45, 2.75) is 32.9 Å². The van der Waals surface area contributed by atoms with Crippen LogP contribution in [0.2, 0.25) is 0 Å². The molecule has 1 atom stereocenters. The van der Waals surface area contributed by atoms with E-state index in [1.165, 1.54) is 0 Å². The second-order valence-electron chi connectivity index (χ2n) is 5.02. The van der Waals surface area contributed by atoms with Crippen LogP contribution in [0.25, 0.3) is 0 Å². The molecule has 5 nitrogen and oxygen atoms in total. The Morgan fingerprint density at radius 2 is 2.14 bits per heavy atom. The molecule has 0 aliphatic rings. The Balaban J connectivity index is 1.76. The van der Waals surface area contributed by atoms with Crippen LogP contribution in [0.5, 0.6) is 0 Å². The van der Waals surface area contributed by atoms with Crippen molar-refractivity contribution < 1.29 is 9.90 Å². The fourth-order valence-corrected chi connectivity index (χ4v) is 2.83. The number of carbonyl (C=O) groups is 1. The summed E-state index contributed by atoms with van der Waals surface area (Å²) in [6, 6.07) is 7.29. The quantitative estimate of drug-likeness (QED) is 0.766. The molecule has 0 aliphatic carbocycles. The average Bonchev–Trinajstić information content (AvgIpc) is 2.99. The van der Waals surface area contributed by atoms with Gasteiger partial charge in [-0.3, -0.25) is 0 Å². The summed E-state index contributed by atoms with van der Waals surface area (Å²) in [4.78, 5) is 16.1. The molecule has 1 aromatic heterocycles. The summed E-state index contributed by atoms with van der Waals surface area (Å²) in [6.45, 7) is 4.55. The second kappa shape index (κ2) is 7.91. The highest BCUT2D eigenvalue weighted by Crippen LogP contribution is 2.16. The van der Waals surface area contributed by atoms with Gasteiger partial charge in [-0.25, -0.2) is 9.78 Å². The number of aryl methyl sites for hydroxylation is 2. The predicted molar refractivity (Wildman–Crippen MR) is 87.9 cm³/mol. The van der Waals surface area contributed by atoms with Crippen molar-refractivity contribution in [3.05, 3.63) is 51.5 Å². The van der Waals surface area contributed by atoms with E-state index in [4.69, 9.17) is 0 Å². The number of hydrogen-bond acceptors (Lipinski definition) is 4. The molecule has 0 bridgehead atoms. The van der Waals surface area contributed by atoms with Crippen LogP contribution in [-0.4, -0.2) is 22.7 Å². The molecule has 3 N–H and O–H groups in total. The predicted octanol–water partition coefficient (Wildman–Crippen LogP) is 2.55. The topological polar surface area (TPSA) is 74.2 Å². The Kier molecular flexibility index (Phi) is 5.91. The first kappa shape index (κ1) is 16.5. The highest BCUT2D eigenvalue weighted by atomic mass is 32.1. The normalized spacial score (nSPS) is 12.0. The highest BCUT2D eigenvalue weighted by Gasteiger charge is 2.11. The Labute approximate surface area is 134 Å². The van der Waals surface area contributed by atoms with Gasteiger partial charge >= 0.3 is 6.03 Å². The number of amides is 2. The van der Waals surface area contributed by atoms with Gasteiger partial charge in [-0.15, -0.1) is 11.3 Å². The van der Waals surface area contributed by atoms with E-state index in [0.29, 0.717) is 6.54 Å². The number of nitrogens with zero attached hydrogens (tertiary/aromatic N) is 1. The van der Waals surface area contributed by atoms with Crippen LogP contribution in [0, 0.1) is 6.92 Å². The molecule has 0 fully saturated rings. The van der Waals surface area contributed by atoms with Crippen molar-refractivity contribution in [2.75, 3.05) is 6.54 Å². The zero-order chi connectivity index (χ0) is 15.9. The van der Waals surface area contributed by atoms with Gasteiger partial charge in [0, 0.05) is 11.9 Å². The van der Waals surface area contributed by atoms with Gasteiger partial charge in [0.15, 0.2) is 0 Å². The molecule has 2 aromatic rings. The number of carbonyl (C=O) groups excluding carboxylic acids is 1. The molecule has 2 amide bonds. The molecule has 1 aromatic carbocycles. The van der Waals surface area contributed by atoms with Crippen molar-refractivity contribution in [1.29, 1.82) is 0 Å². The molecule has 0 aliphatic heterocycles. The van der Waals surface area contributed by atoms with E-state index in [1.807, 2.05) is 36.6 Å². The molecule has 0 spiro atoms. The highest BCUT2D eigenvalue weighted by molar-refractivity contribution is 7.09. The lowest BCUT2D eigenvalue weighted by atomic mass is 10.0. The van der Waals surface area contributed by atoms with E-state index in [2.05, 4.69) is 22.5 Å². The van der Waals surface area contributed by atoms with E-state index >= 15 is 0 Å². The second-order valence-corrected chi connectivity index (χ2v) is 5.96. The number of urea groups is 1. The van der Waals surface area contributed by atoms with Gasteiger partial charge < -0.3 is 15.7 Å². The summed E-state index contributed by atoms with van der Waals surface area (Å²) in [5.74, 6) is 0.